The minimum atomic E-state index is -0.530. The summed E-state index contributed by atoms with van der Waals surface area (Å²) in [4.78, 5) is 12.0. The molecule has 2 rings (SSSR count). The number of allylic oxidation sites excluding steroid dienone is 5. The number of epoxide rings is 1. The van der Waals surface area contributed by atoms with Crippen LogP contribution < -0.4 is 0 Å². The minimum absolute atomic E-state index is 0.100. The third-order valence-electron chi connectivity index (χ3n) is 5.19. The highest BCUT2D eigenvalue weighted by Crippen LogP contribution is 2.53. The maximum Gasteiger partial charge on any atom is 0.185 e. The second-order valence-electron chi connectivity index (χ2n) is 7.35. The van der Waals surface area contributed by atoms with E-state index in [2.05, 4.69) is 33.4 Å². The molecule has 2 aliphatic rings. The fourth-order valence-corrected chi connectivity index (χ4v) is 3.67. The van der Waals surface area contributed by atoms with Gasteiger partial charge in [0, 0.05) is 12.2 Å². The minimum Gasteiger partial charge on any atom is -0.500 e. The summed E-state index contributed by atoms with van der Waals surface area (Å²) in [7, 11) is 3.19. The maximum absolute atomic E-state index is 12.0. The molecule has 0 radical (unpaired) electrons. The van der Waals surface area contributed by atoms with E-state index in [1.54, 1.807) is 26.4 Å². The first kappa shape index (κ1) is 19.5. The number of methoxy groups -OCH3 is 2. The Morgan fingerprint density at radius 1 is 1.28 bits per heavy atom. The topological polar surface area (TPSA) is 48.1 Å². The molecule has 0 aromatic carbocycles. The summed E-state index contributed by atoms with van der Waals surface area (Å²) in [6.45, 7) is 10.3. The summed E-state index contributed by atoms with van der Waals surface area (Å²) in [5, 5.41) is 0. The van der Waals surface area contributed by atoms with Crippen molar-refractivity contribution in [2.75, 3.05) is 14.2 Å². The van der Waals surface area contributed by atoms with E-state index in [4.69, 9.17) is 14.2 Å². The normalized spacial score (nSPS) is 27.1. The molecule has 138 valence electrons. The Labute approximate surface area is 151 Å². The molecule has 4 nitrogen and oxygen atoms in total. The van der Waals surface area contributed by atoms with Crippen LogP contribution in [0.3, 0.4) is 0 Å². The largest absolute Gasteiger partial charge is 0.500 e. The molecular weight excluding hydrogens is 316 g/mol. The van der Waals surface area contributed by atoms with Gasteiger partial charge in [0.25, 0.3) is 0 Å². The molecular formula is C21H30O4. The SMILES string of the molecule is C=CCC1(CC2O[C@@]2(C)CCC=C(C)C)C(OC)=CC(=O)C=C1OC. The summed E-state index contributed by atoms with van der Waals surface area (Å²) >= 11 is 0. The smallest absolute Gasteiger partial charge is 0.185 e. The van der Waals surface area contributed by atoms with E-state index in [-0.39, 0.29) is 17.5 Å². The molecule has 0 saturated carbocycles. The molecule has 0 bridgehead atoms. The van der Waals surface area contributed by atoms with Crippen LogP contribution in [0.4, 0.5) is 0 Å². The van der Waals surface area contributed by atoms with Crippen molar-refractivity contribution in [3.8, 4) is 0 Å². The summed E-state index contributed by atoms with van der Waals surface area (Å²) in [6, 6.07) is 0. The van der Waals surface area contributed by atoms with Crippen LogP contribution in [0.1, 0.15) is 46.5 Å². The first-order valence-corrected chi connectivity index (χ1v) is 8.79. The van der Waals surface area contributed by atoms with Gasteiger partial charge in [0.1, 0.15) is 11.5 Å². The Hall–Kier alpha value is -1.81. The molecule has 1 aliphatic heterocycles. The van der Waals surface area contributed by atoms with Crippen LogP contribution in [-0.2, 0) is 19.0 Å². The predicted molar refractivity (Wildman–Crippen MR) is 99.0 cm³/mol. The van der Waals surface area contributed by atoms with Crippen LogP contribution in [-0.4, -0.2) is 31.7 Å². The average molecular weight is 346 g/mol. The molecule has 0 aromatic rings. The Morgan fingerprint density at radius 3 is 2.36 bits per heavy atom. The van der Waals surface area contributed by atoms with Crippen LogP contribution in [0.2, 0.25) is 0 Å². The van der Waals surface area contributed by atoms with Crippen molar-refractivity contribution in [1.82, 2.24) is 0 Å². The zero-order valence-corrected chi connectivity index (χ0v) is 16.1. The lowest BCUT2D eigenvalue weighted by Gasteiger charge is -2.37. The third kappa shape index (κ3) is 4.06. The van der Waals surface area contributed by atoms with Crippen LogP contribution in [0.25, 0.3) is 0 Å². The number of ether oxygens (including phenoxy) is 3. The van der Waals surface area contributed by atoms with Crippen molar-refractivity contribution in [2.45, 2.75) is 58.2 Å². The van der Waals surface area contributed by atoms with E-state index in [0.29, 0.717) is 24.4 Å². The van der Waals surface area contributed by atoms with E-state index < -0.39 is 5.41 Å². The fraction of sp³-hybridized carbons (Fsp3) is 0.571. The standard InChI is InChI=1S/C21H30O4/c1-7-10-21(17(23-5)12-16(22)13-18(21)24-6)14-19-20(4,25-19)11-8-9-15(2)3/h7,9,12-13,19H,1,8,10-11,14H2,2-6H3/t19?,20-/m0/s1. The molecule has 0 aromatic heterocycles. The van der Waals surface area contributed by atoms with Crippen LogP contribution >= 0.6 is 0 Å². The predicted octanol–water partition coefficient (Wildman–Crippen LogP) is 4.49. The van der Waals surface area contributed by atoms with E-state index in [1.807, 2.05) is 6.08 Å². The van der Waals surface area contributed by atoms with E-state index >= 15 is 0 Å². The quantitative estimate of drug-likeness (QED) is 0.456. The number of carbonyl (C=O) groups excluding carboxylic acids is 1. The van der Waals surface area contributed by atoms with Crippen molar-refractivity contribution >= 4 is 5.78 Å². The molecule has 1 aliphatic carbocycles. The van der Waals surface area contributed by atoms with Crippen LogP contribution in [0.15, 0.2) is 48.0 Å². The first-order chi connectivity index (χ1) is 11.8. The molecule has 0 N–H and O–H groups in total. The lowest BCUT2D eigenvalue weighted by molar-refractivity contribution is -0.111. The van der Waals surface area contributed by atoms with Crippen molar-refractivity contribution in [3.05, 3.63) is 48.0 Å². The van der Waals surface area contributed by atoms with Crippen molar-refractivity contribution in [1.29, 1.82) is 0 Å². The molecule has 1 fully saturated rings. The number of rotatable bonds is 9. The molecule has 4 heteroatoms. The summed E-state index contributed by atoms with van der Waals surface area (Å²) in [5.41, 5.74) is 0.654. The Morgan fingerprint density at radius 2 is 1.88 bits per heavy atom. The molecule has 1 heterocycles. The van der Waals surface area contributed by atoms with Gasteiger partial charge in [0.2, 0.25) is 0 Å². The van der Waals surface area contributed by atoms with Gasteiger partial charge in [-0.25, -0.2) is 0 Å². The van der Waals surface area contributed by atoms with Gasteiger partial charge < -0.3 is 14.2 Å². The summed E-state index contributed by atoms with van der Waals surface area (Å²) in [5.74, 6) is 1.13. The molecule has 0 spiro atoms. The highest BCUT2D eigenvalue weighted by Gasteiger charge is 2.57. The van der Waals surface area contributed by atoms with Gasteiger partial charge in [-0.2, -0.15) is 0 Å². The molecule has 25 heavy (non-hydrogen) atoms. The third-order valence-corrected chi connectivity index (χ3v) is 5.19. The summed E-state index contributed by atoms with van der Waals surface area (Å²) in [6.07, 6.45) is 10.6. The van der Waals surface area contributed by atoms with E-state index in [9.17, 15) is 4.79 Å². The van der Waals surface area contributed by atoms with E-state index in [0.717, 1.165) is 12.8 Å². The second-order valence-corrected chi connectivity index (χ2v) is 7.35. The van der Waals surface area contributed by atoms with Crippen molar-refractivity contribution in [3.63, 3.8) is 0 Å². The van der Waals surface area contributed by atoms with Crippen LogP contribution in [0, 0.1) is 5.41 Å². The molecule has 0 amide bonds. The van der Waals surface area contributed by atoms with Gasteiger partial charge in [-0.3, -0.25) is 4.79 Å². The van der Waals surface area contributed by atoms with Gasteiger partial charge in [-0.05, 0) is 46.5 Å². The van der Waals surface area contributed by atoms with Crippen LogP contribution in [0.5, 0.6) is 0 Å². The lowest BCUT2D eigenvalue weighted by Crippen LogP contribution is -2.34. The van der Waals surface area contributed by atoms with Gasteiger partial charge in [0.05, 0.1) is 31.3 Å². The highest BCUT2D eigenvalue weighted by atomic mass is 16.6. The van der Waals surface area contributed by atoms with Gasteiger partial charge >= 0.3 is 0 Å². The van der Waals surface area contributed by atoms with Crippen molar-refractivity contribution < 1.29 is 19.0 Å². The Bertz CT molecular complexity index is 598. The molecule has 1 unspecified atom stereocenters. The molecule has 2 atom stereocenters. The zero-order valence-electron chi connectivity index (χ0n) is 16.1. The average Bonchev–Trinajstić information content (AvgIpc) is 3.18. The Kier molecular flexibility index (Phi) is 5.94. The lowest BCUT2D eigenvalue weighted by atomic mass is 9.72. The second kappa shape index (κ2) is 7.61. The maximum atomic E-state index is 12.0. The molecule has 1 saturated heterocycles. The number of hydrogen-bond acceptors (Lipinski definition) is 4. The highest BCUT2D eigenvalue weighted by molar-refractivity contribution is 6.01. The van der Waals surface area contributed by atoms with Gasteiger partial charge in [0.15, 0.2) is 5.78 Å². The number of carbonyl (C=O) groups is 1. The van der Waals surface area contributed by atoms with Gasteiger partial charge in [-0.1, -0.05) is 17.7 Å². The van der Waals surface area contributed by atoms with Crippen molar-refractivity contribution in [2.24, 2.45) is 5.41 Å². The Balaban J connectivity index is 2.22. The number of hydrogen-bond donors (Lipinski definition) is 0. The van der Waals surface area contributed by atoms with Gasteiger partial charge in [-0.15, -0.1) is 6.58 Å². The fourth-order valence-electron chi connectivity index (χ4n) is 3.67. The zero-order chi connectivity index (χ0) is 18.7. The monoisotopic (exact) mass is 346 g/mol. The number of ketones is 1. The van der Waals surface area contributed by atoms with E-state index in [1.165, 1.54) is 5.57 Å². The summed E-state index contributed by atoms with van der Waals surface area (Å²) < 4.78 is 17.2. The first-order valence-electron chi connectivity index (χ1n) is 8.79.